The van der Waals surface area contributed by atoms with E-state index in [0.717, 1.165) is 21.7 Å². The molecule has 10 nitrogen and oxygen atoms in total. The summed E-state index contributed by atoms with van der Waals surface area (Å²) in [5.41, 5.74) is 2.25. The van der Waals surface area contributed by atoms with Crippen molar-refractivity contribution in [3.05, 3.63) is 58.5 Å². The summed E-state index contributed by atoms with van der Waals surface area (Å²) in [6.07, 6.45) is 2.64. The molecule has 4 rings (SSSR count). The van der Waals surface area contributed by atoms with Crippen molar-refractivity contribution in [2.75, 3.05) is 7.11 Å². The van der Waals surface area contributed by atoms with E-state index in [-0.39, 0.29) is 23.1 Å². The number of rotatable bonds is 4. The minimum atomic E-state index is -1.24. The third kappa shape index (κ3) is 2.94. The number of benzene rings is 1. The number of esters is 1. The van der Waals surface area contributed by atoms with Gasteiger partial charge in [0, 0.05) is 6.07 Å². The first-order valence-electron chi connectivity index (χ1n) is 8.44. The Morgan fingerprint density at radius 1 is 1.29 bits per heavy atom. The van der Waals surface area contributed by atoms with Crippen LogP contribution in [0, 0.1) is 0 Å². The first-order chi connectivity index (χ1) is 13.5. The number of aromatic nitrogens is 4. The second-order valence-corrected chi connectivity index (χ2v) is 6.31. The van der Waals surface area contributed by atoms with E-state index in [4.69, 9.17) is 4.74 Å². The van der Waals surface area contributed by atoms with Gasteiger partial charge in [-0.05, 0) is 36.1 Å². The summed E-state index contributed by atoms with van der Waals surface area (Å²) < 4.78 is 5.78. The van der Waals surface area contributed by atoms with Gasteiger partial charge >= 0.3 is 11.9 Å². The van der Waals surface area contributed by atoms with E-state index >= 15 is 0 Å². The number of aromatic carboxylic acids is 1. The summed E-state index contributed by atoms with van der Waals surface area (Å²) in [7, 11) is 1.32. The van der Waals surface area contributed by atoms with Gasteiger partial charge in [0.15, 0.2) is 11.3 Å². The molecule has 10 heteroatoms. The number of methoxy groups -OCH3 is 1. The van der Waals surface area contributed by atoms with Gasteiger partial charge in [-0.3, -0.25) is 4.79 Å². The number of carboxylic acid groups (broad SMARTS) is 1. The van der Waals surface area contributed by atoms with Gasteiger partial charge in [0.05, 0.1) is 24.9 Å². The molecule has 0 radical (unpaired) electrons. The van der Waals surface area contributed by atoms with Gasteiger partial charge in [0.25, 0.3) is 5.91 Å². The zero-order chi connectivity index (χ0) is 19.8. The van der Waals surface area contributed by atoms with E-state index in [0.29, 0.717) is 18.4 Å². The number of carboxylic acids is 1. The molecule has 1 atom stereocenters. The number of nitrogens with one attached hydrogen (secondary N) is 1. The Kier molecular flexibility index (Phi) is 4.22. The molecule has 2 aromatic heterocycles. The van der Waals surface area contributed by atoms with Crippen molar-refractivity contribution in [3.8, 4) is 0 Å². The van der Waals surface area contributed by atoms with Crippen LogP contribution in [0.2, 0.25) is 0 Å². The lowest BCUT2D eigenvalue weighted by molar-refractivity contribution is 0.0599. The average molecular weight is 381 g/mol. The monoisotopic (exact) mass is 381 g/mol. The maximum Gasteiger partial charge on any atom is 0.354 e. The summed E-state index contributed by atoms with van der Waals surface area (Å²) in [4.78, 5) is 39.9. The normalized spacial score (nSPS) is 15.2. The van der Waals surface area contributed by atoms with Crippen LogP contribution in [-0.4, -0.2) is 49.9 Å². The third-order valence-electron chi connectivity index (χ3n) is 4.67. The third-order valence-corrected chi connectivity index (χ3v) is 4.67. The minimum Gasteiger partial charge on any atom is -0.477 e. The Morgan fingerprint density at radius 3 is 2.86 bits per heavy atom. The summed E-state index contributed by atoms with van der Waals surface area (Å²) in [5.74, 6) is -2.15. The molecule has 1 amide bonds. The van der Waals surface area contributed by atoms with E-state index in [9.17, 15) is 19.5 Å². The molecule has 2 heterocycles. The Morgan fingerprint density at radius 2 is 2.11 bits per heavy atom. The molecule has 2 N–H and O–H groups in total. The van der Waals surface area contributed by atoms with Gasteiger partial charge in [-0.15, -0.1) is 5.10 Å². The van der Waals surface area contributed by atoms with Gasteiger partial charge in [-0.25, -0.2) is 14.6 Å². The van der Waals surface area contributed by atoms with Crippen LogP contribution in [0.4, 0.5) is 0 Å². The second kappa shape index (κ2) is 6.72. The molecular formula is C18H15N5O5. The minimum absolute atomic E-state index is 0.0353. The number of ether oxygens (including phenoxy) is 1. The van der Waals surface area contributed by atoms with E-state index in [1.807, 2.05) is 0 Å². The Balaban J connectivity index is 1.60. The van der Waals surface area contributed by atoms with Crippen LogP contribution in [0.1, 0.15) is 54.9 Å². The van der Waals surface area contributed by atoms with Crippen molar-refractivity contribution in [1.82, 2.24) is 25.1 Å². The highest BCUT2D eigenvalue weighted by molar-refractivity contribution is 5.96. The van der Waals surface area contributed by atoms with Crippen molar-refractivity contribution in [2.24, 2.45) is 0 Å². The van der Waals surface area contributed by atoms with E-state index in [1.165, 1.54) is 13.3 Å². The van der Waals surface area contributed by atoms with Crippen molar-refractivity contribution in [2.45, 2.75) is 18.9 Å². The van der Waals surface area contributed by atoms with Crippen molar-refractivity contribution in [3.63, 3.8) is 0 Å². The Labute approximate surface area is 158 Å². The standard InChI is InChI=1S/C18H15N5O5/c1-28-18(27)10-2-4-11-9(6-10)3-5-12(11)21-16(24)13-7-14(17(25)26)23-15(20-13)8-19-22-23/h2,4,6-8,12H,3,5H2,1H3,(H,21,24)(H,25,26)/t12-/m0/s1. The first-order valence-corrected chi connectivity index (χ1v) is 8.44. The zero-order valence-electron chi connectivity index (χ0n) is 14.7. The molecule has 3 aromatic rings. The van der Waals surface area contributed by atoms with Crippen LogP contribution in [-0.2, 0) is 11.2 Å². The topological polar surface area (TPSA) is 136 Å². The fourth-order valence-electron chi connectivity index (χ4n) is 3.34. The fourth-order valence-corrected chi connectivity index (χ4v) is 3.34. The Hall–Kier alpha value is -3.82. The summed E-state index contributed by atoms with van der Waals surface area (Å²) in [5, 5.41) is 19.5. The summed E-state index contributed by atoms with van der Waals surface area (Å²) >= 11 is 0. The highest BCUT2D eigenvalue weighted by Gasteiger charge is 2.26. The van der Waals surface area contributed by atoms with Crippen molar-refractivity contribution >= 4 is 23.5 Å². The average Bonchev–Trinajstić information content (AvgIpc) is 3.32. The molecule has 1 aliphatic carbocycles. The number of nitrogens with zero attached hydrogens (tertiary/aromatic N) is 4. The fraction of sp³-hybridized carbons (Fsp3) is 0.222. The van der Waals surface area contributed by atoms with Crippen molar-refractivity contribution < 1.29 is 24.2 Å². The molecular weight excluding hydrogens is 366 g/mol. The lowest BCUT2D eigenvalue weighted by Gasteiger charge is -2.14. The van der Waals surface area contributed by atoms with Crippen LogP contribution in [0.15, 0.2) is 30.5 Å². The molecule has 0 aliphatic heterocycles. The molecule has 0 saturated heterocycles. The Bertz CT molecular complexity index is 1120. The van der Waals surface area contributed by atoms with E-state index in [2.05, 4.69) is 20.6 Å². The molecule has 0 unspecified atom stereocenters. The molecule has 1 aromatic carbocycles. The number of amides is 1. The van der Waals surface area contributed by atoms with Crippen LogP contribution in [0.5, 0.6) is 0 Å². The highest BCUT2D eigenvalue weighted by Crippen LogP contribution is 2.32. The van der Waals surface area contributed by atoms with Gasteiger partial charge in [0.2, 0.25) is 0 Å². The number of hydrogen-bond acceptors (Lipinski definition) is 7. The number of carbonyl (C=O) groups excluding carboxylic acids is 2. The van der Waals surface area contributed by atoms with Crippen LogP contribution in [0.25, 0.3) is 5.65 Å². The van der Waals surface area contributed by atoms with Gasteiger partial charge in [-0.1, -0.05) is 11.3 Å². The van der Waals surface area contributed by atoms with Crippen LogP contribution < -0.4 is 5.32 Å². The van der Waals surface area contributed by atoms with Gasteiger partial charge < -0.3 is 15.2 Å². The summed E-state index contributed by atoms with van der Waals surface area (Å²) in [6, 6.07) is 6.11. The van der Waals surface area contributed by atoms with Crippen LogP contribution >= 0.6 is 0 Å². The number of aryl methyl sites for hydroxylation is 1. The predicted molar refractivity (Wildman–Crippen MR) is 94.1 cm³/mol. The van der Waals surface area contributed by atoms with E-state index < -0.39 is 17.8 Å². The van der Waals surface area contributed by atoms with Crippen molar-refractivity contribution in [1.29, 1.82) is 0 Å². The van der Waals surface area contributed by atoms with Crippen LogP contribution in [0.3, 0.4) is 0 Å². The molecule has 1 aliphatic rings. The lowest BCUT2D eigenvalue weighted by atomic mass is 10.0. The second-order valence-electron chi connectivity index (χ2n) is 6.31. The maximum atomic E-state index is 12.7. The zero-order valence-corrected chi connectivity index (χ0v) is 14.7. The number of carbonyl (C=O) groups is 3. The quantitative estimate of drug-likeness (QED) is 0.640. The molecule has 0 bridgehead atoms. The molecule has 142 valence electrons. The van der Waals surface area contributed by atoms with Gasteiger partial charge in [-0.2, -0.15) is 4.52 Å². The highest BCUT2D eigenvalue weighted by atomic mass is 16.5. The lowest BCUT2D eigenvalue weighted by Crippen LogP contribution is -2.28. The van der Waals surface area contributed by atoms with Gasteiger partial charge in [0.1, 0.15) is 5.69 Å². The first kappa shape index (κ1) is 17.6. The molecule has 0 saturated carbocycles. The molecule has 0 fully saturated rings. The largest absolute Gasteiger partial charge is 0.477 e. The number of fused-ring (bicyclic) bond motifs is 2. The summed E-state index contributed by atoms with van der Waals surface area (Å²) in [6.45, 7) is 0. The number of hydrogen-bond donors (Lipinski definition) is 2. The SMILES string of the molecule is COC(=O)c1ccc2c(c1)CC[C@@H]2NC(=O)c1cc(C(=O)O)n2nncc2n1. The molecule has 28 heavy (non-hydrogen) atoms. The molecule has 0 spiro atoms. The maximum absolute atomic E-state index is 12.7. The van der Waals surface area contributed by atoms with E-state index in [1.54, 1.807) is 18.2 Å². The smallest absolute Gasteiger partial charge is 0.354 e. The predicted octanol–water partition coefficient (Wildman–Crippen LogP) is 1.03.